The normalized spacial score (nSPS) is 12.9. The Morgan fingerprint density at radius 1 is 0.481 bits per heavy atom. The fourth-order valence-corrected chi connectivity index (χ4v) is 8.68. The monoisotopic (exact) mass is 1100 g/mol. The molecular formula is C60H96N10O9. The van der Waals surface area contributed by atoms with Crippen LogP contribution in [0.15, 0.2) is 54.6 Å². The van der Waals surface area contributed by atoms with E-state index in [0.29, 0.717) is 81.4 Å². The van der Waals surface area contributed by atoms with Crippen molar-refractivity contribution in [3.8, 4) is 17.2 Å². The summed E-state index contributed by atoms with van der Waals surface area (Å²) in [6.45, 7) is 20.9. The number of ether oxygens (including phenoxy) is 3. The number of anilines is 3. The zero-order valence-corrected chi connectivity index (χ0v) is 48.9. The lowest BCUT2D eigenvalue weighted by atomic mass is 9.89. The molecule has 19 heteroatoms. The molecule has 79 heavy (non-hydrogen) atoms. The molecule has 0 bridgehead atoms. The van der Waals surface area contributed by atoms with Gasteiger partial charge in [0.25, 0.3) is 5.91 Å². The molecule has 3 aromatic carbocycles. The maximum atomic E-state index is 14.8. The van der Waals surface area contributed by atoms with Crippen molar-refractivity contribution in [2.75, 3.05) is 55.4 Å². The van der Waals surface area contributed by atoms with Crippen molar-refractivity contribution in [2.24, 2.45) is 46.4 Å². The van der Waals surface area contributed by atoms with E-state index >= 15 is 0 Å². The number of rotatable bonds is 38. The molecule has 0 saturated heterocycles. The summed E-state index contributed by atoms with van der Waals surface area (Å²) in [5, 5.41) is 15.0. The summed E-state index contributed by atoms with van der Waals surface area (Å²) < 4.78 is 18.4. The van der Waals surface area contributed by atoms with E-state index in [1.54, 1.807) is 70.2 Å². The predicted molar refractivity (Wildman–Crippen MR) is 316 cm³/mol. The van der Waals surface area contributed by atoms with Gasteiger partial charge in [-0.2, -0.15) is 0 Å². The van der Waals surface area contributed by atoms with E-state index in [4.69, 9.17) is 42.9 Å². The highest BCUT2D eigenvalue weighted by atomic mass is 16.5. The van der Waals surface area contributed by atoms with E-state index in [1.807, 2.05) is 41.5 Å². The highest BCUT2D eigenvalue weighted by Crippen LogP contribution is 2.31. The summed E-state index contributed by atoms with van der Waals surface area (Å²) in [4.78, 5) is 84.7. The maximum absolute atomic E-state index is 14.8. The molecule has 0 aromatic heterocycles. The first kappa shape index (κ1) is 67.3. The molecule has 15 N–H and O–H groups in total. The third-order valence-electron chi connectivity index (χ3n) is 12.9. The Bertz CT molecular complexity index is 2440. The minimum Gasteiger partial charge on any atom is -0.493 e. The van der Waals surface area contributed by atoms with Gasteiger partial charge in [-0.3, -0.25) is 34.1 Å². The Balaban J connectivity index is 1.99. The van der Waals surface area contributed by atoms with Crippen LogP contribution in [0, 0.1) is 17.8 Å². The van der Waals surface area contributed by atoms with Crippen molar-refractivity contribution in [2.45, 2.75) is 175 Å². The van der Waals surface area contributed by atoms with Crippen LogP contribution in [-0.4, -0.2) is 104 Å². The van der Waals surface area contributed by atoms with Crippen LogP contribution in [0.3, 0.4) is 0 Å². The Morgan fingerprint density at radius 3 is 1.25 bits per heavy atom. The molecular weight excluding hydrogens is 1000 g/mol. The molecule has 3 rings (SSSR count). The molecule has 0 saturated carbocycles. The number of unbranched alkanes of at least 4 members (excludes halogenated alkanes) is 6. The highest BCUT2D eigenvalue weighted by molar-refractivity contribution is 6.08. The molecule has 4 amide bonds. The quantitative estimate of drug-likeness (QED) is 0.0193. The third-order valence-corrected chi connectivity index (χ3v) is 12.9. The van der Waals surface area contributed by atoms with Crippen LogP contribution in [0.5, 0.6) is 17.2 Å². The first-order valence-corrected chi connectivity index (χ1v) is 28.4. The minimum atomic E-state index is -1.36. The third kappa shape index (κ3) is 23.3. The summed E-state index contributed by atoms with van der Waals surface area (Å²) >= 11 is 0. The molecule has 0 aliphatic carbocycles. The first-order chi connectivity index (χ1) is 37.3. The van der Waals surface area contributed by atoms with Gasteiger partial charge in [-0.25, -0.2) is 0 Å². The molecule has 0 aliphatic rings. The molecule has 2 unspecified atom stereocenters. The Labute approximate surface area is 470 Å². The zero-order chi connectivity index (χ0) is 58.9. The van der Waals surface area contributed by atoms with Crippen LogP contribution in [-0.2, 0) is 14.4 Å². The lowest BCUT2D eigenvalue weighted by Crippen LogP contribution is -2.55. The molecule has 440 valence electrons. The fraction of sp³-hybridized carbons (Fsp3) is 0.600. The van der Waals surface area contributed by atoms with Gasteiger partial charge in [0.1, 0.15) is 23.3 Å². The Kier molecular flexibility index (Phi) is 28.6. The van der Waals surface area contributed by atoms with Crippen molar-refractivity contribution < 1.29 is 43.0 Å². The van der Waals surface area contributed by atoms with Crippen molar-refractivity contribution in [1.29, 1.82) is 0 Å². The molecule has 0 aliphatic heterocycles. The van der Waals surface area contributed by atoms with Gasteiger partial charge in [0.15, 0.2) is 11.6 Å². The van der Waals surface area contributed by atoms with E-state index in [0.717, 1.165) is 44.9 Å². The number of benzene rings is 3. The van der Waals surface area contributed by atoms with Crippen LogP contribution in [0.2, 0.25) is 0 Å². The summed E-state index contributed by atoms with van der Waals surface area (Å²) in [6, 6.07) is 11.7. The lowest BCUT2D eigenvalue weighted by Gasteiger charge is -2.32. The molecule has 3 aromatic rings. The smallest absolute Gasteiger partial charge is 0.255 e. The molecule has 0 fully saturated rings. The molecule has 0 spiro atoms. The van der Waals surface area contributed by atoms with Gasteiger partial charge in [0.05, 0.1) is 59.7 Å². The van der Waals surface area contributed by atoms with Gasteiger partial charge in [-0.05, 0) is 197 Å². The van der Waals surface area contributed by atoms with Gasteiger partial charge in [0.2, 0.25) is 17.7 Å². The summed E-state index contributed by atoms with van der Waals surface area (Å²) in [6.07, 6.45) is 8.18. The Morgan fingerprint density at radius 2 is 0.848 bits per heavy atom. The molecule has 19 nitrogen and oxygen atoms in total. The van der Waals surface area contributed by atoms with Crippen LogP contribution in [0.1, 0.15) is 177 Å². The van der Waals surface area contributed by atoms with Gasteiger partial charge in [-0.1, -0.05) is 41.5 Å². The van der Waals surface area contributed by atoms with E-state index in [1.165, 1.54) is 12.1 Å². The van der Waals surface area contributed by atoms with E-state index in [2.05, 4.69) is 26.6 Å². The largest absolute Gasteiger partial charge is 0.493 e. The van der Waals surface area contributed by atoms with Gasteiger partial charge < -0.3 is 64.1 Å². The van der Waals surface area contributed by atoms with Crippen molar-refractivity contribution >= 4 is 52.3 Å². The number of nitrogens with two attached hydrogens (primary N) is 5. The van der Waals surface area contributed by atoms with Crippen LogP contribution in [0.25, 0.3) is 0 Å². The number of ketones is 2. The first-order valence-electron chi connectivity index (χ1n) is 28.4. The number of carbonyl (C=O) groups is 6. The average Bonchev–Trinajstić information content (AvgIpc) is 3.42. The molecule has 3 atom stereocenters. The number of hydrogen-bond donors (Lipinski definition) is 10. The summed E-state index contributed by atoms with van der Waals surface area (Å²) in [5.74, 6) is -1.72. The second kappa shape index (κ2) is 33.6. The molecule has 0 radical (unpaired) electrons. The van der Waals surface area contributed by atoms with Crippen molar-refractivity contribution in [3.63, 3.8) is 0 Å². The zero-order valence-electron chi connectivity index (χ0n) is 48.9. The van der Waals surface area contributed by atoms with Crippen LogP contribution in [0.4, 0.5) is 17.1 Å². The van der Waals surface area contributed by atoms with Crippen LogP contribution >= 0.6 is 0 Å². The van der Waals surface area contributed by atoms with Gasteiger partial charge >= 0.3 is 0 Å². The second-order valence-corrected chi connectivity index (χ2v) is 22.9. The predicted octanol–water partition coefficient (Wildman–Crippen LogP) is 7.83. The van der Waals surface area contributed by atoms with Gasteiger partial charge in [-0.15, -0.1) is 0 Å². The lowest BCUT2D eigenvalue weighted by molar-refractivity contribution is -0.119. The van der Waals surface area contributed by atoms with Gasteiger partial charge in [0, 0.05) is 17.1 Å². The van der Waals surface area contributed by atoms with E-state index in [9.17, 15) is 28.8 Å². The van der Waals surface area contributed by atoms with Crippen LogP contribution < -0.4 is 69.5 Å². The Hall–Kier alpha value is -5.96. The number of carbonyl (C=O) groups excluding carboxylic acids is 6. The number of amides is 4. The average molecular weight is 1100 g/mol. The maximum Gasteiger partial charge on any atom is 0.255 e. The number of hydrogen-bond acceptors (Lipinski definition) is 15. The van der Waals surface area contributed by atoms with Crippen molar-refractivity contribution in [3.05, 3.63) is 71.3 Å². The van der Waals surface area contributed by atoms with E-state index < -0.39 is 46.9 Å². The van der Waals surface area contributed by atoms with E-state index in [-0.39, 0.29) is 76.4 Å². The minimum absolute atomic E-state index is 0.00185. The number of nitrogens with one attached hydrogen (secondary N) is 5. The highest BCUT2D eigenvalue weighted by Gasteiger charge is 2.36. The number of Topliss-reactive ketones (excluding diaryl/α,β-unsaturated/α-hetero) is 2. The summed E-state index contributed by atoms with van der Waals surface area (Å²) in [5.41, 5.74) is 28.4. The topological polar surface area (TPSA) is 320 Å². The standard InChI is InChI=1S/C60H96N10O9/c1-38(2)32-47(64)56(74)66-41-20-24-51(78-30-18-12-15-27-62)45(36-41)54(72)60(9,10)70-49(34-40(5)6)58(76)68-43-22-25-52(79-31-19-13-16-28-63)46(37-43)55(73)69-48(33-39(3)4)57(75)67-42-21-23-50(77-29-17-11-14-26-61)44(35-42)53(71)59(7,8)65/h20-25,35-40,47-49,70H,11-19,26-34,61-65H2,1-10H3,(H,66,74)(H,67,75)(H,68,76)(H,69,73)/t47?,48?,49-/m1/s1. The summed E-state index contributed by atoms with van der Waals surface area (Å²) in [7, 11) is 0. The second-order valence-electron chi connectivity index (χ2n) is 22.9. The SMILES string of the molecule is CC(C)CC(N)C(=O)Nc1ccc(OCCCCCN)c(C(=O)C(C)(C)N[C@H](CC(C)C)C(=O)Nc2ccc(OCCCCCN)c(C(=O)NC(CC(C)C)C(=O)Nc3ccc(OCCCCCN)c(C(=O)C(C)(C)N)c3)c2)c1. The molecule has 0 heterocycles. The van der Waals surface area contributed by atoms with Crippen molar-refractivity contribution in [1.82, 2.24) is 10.6 Å². The fourth-order valence-electron chi connectivity index (χ4n) is 8.68.